The van der Waals surface area contributed by atoms with Crippen LogP contribution in [0.1, 0.15) is 30.1 Å². The number of hydrogen-bond donors (Lipinski definition) is 1. The monoisotopic (exact) mass is 341 g/mol. The molecule has 1 rings (SSSR count). The van der Waals surface area contributed by atoms with Gasteiger partial charge in [0.1, 0.15) is 5.75 Å². The molecule has 2 N–H and O–H groups in total. The number of unbranched alkanes of at least 4 members (excludes halogenated alkanes) is 1. The molecular formula is C12H14F3NO5S. The maximum atomic E-state index is 12.2. The second kappa shape index (κ2) is 6.97. The van der Waals surface area contributed by atoms with Gasteiger partial charge in [-0.05, 0) is 24.6 Å². The van der Waals surface area contributed by atoms with Gasteiger partial charge in [0, 0.05) is 0 Å². The predicted octanol–water partition coefficient (Wildman–Crippen LogP) is 2.19. The summed E-state index contributed by atoms with van der Waals surface area (Å²) in [7, 11) is -4.31. The van der Waals surface area contributed by atoms with Crippen LogP contribution in [0.5, 0.6) is 5.75 Å². The molecule has 0 saturated carbocycles. The molecule has 0 aliphatic carbocycles. The van der Waals surface area contributed by atoms with Crippen molar-refractivity contribution in [2.24, 2.45) is 5.14 Å². The zero-order valence-corrected chi connectivity index (χ0v) is 12.3. The lowest BCUT2D eigenvalue weighted by atomic mass is 10.2. The molecule has 0 spiro atoms. The molecule has 10 heteroatoms. The first kappa shape index (κ1) is 18.2. The van der Waals surface area contributed by atoms with Gasteiger partial charge in [0.25, 0.3) is 0 Å². The minimum absolute atomic E-state index is 0.00372. The normalized spacial score (nSPS) is 12.0. The second-order valence-corrected chi connectivity index (χ2v) is 5.77. The third-order valence-corrected chi connectivity index (χ3v) is 3.41. The molecular weight excluding hydrogens is 327 g/mol. The quantitative estimate of drug-likeness (QED) is 0.632. The van der Waals surface area contributed by atoms with Crippen molar-refractivity contribution in [3.63, 3.8) is 0 Å². The van der Waals surface area contributed by atoms with Crippen LogP contribution in [0.25, 0.3) is 0 Å². The lowest BCUT2D eigenvalue weighted by Gasteiger charge is -2.12. The first-order valence-corrected chi connectivity index (χ1v) is 7.69. The van der Waals surface area contributed by atoms with Gasteiger partial charge in [0.05, 0.1) is 17.1 Å². The first-order chi connectivity index (χ1) is 10.0. The Morgan fingerprint density at radius 1 is 1.32 bits per heavy atom. The predicted molar refractivity (Wildman–Crippen MR) is 69.7 cm³/mol. The maximum Gasteiger partial charge on any atom is 0.573 e. The molecule has 0 aliphatic heterocycles. The molecule has 0 aromatic heterocycles. The van der Waals surface area contributed by atoms with Crippen molar-refractivity contribution in [1.82, 2.24) is 0 Å². The molecule has 22 heavy (non-hydrogen) atoms. The van der Waals surface area contributed by atoms with Gasteiger partial charge in [0.2, 0.25) is 10.0 Å². The van der Waals surface area contributed by atoms with Crippen molar-refractivity contribution in [3.05, 3.63) is 23.8 Å². The second-order valence-electron chi connectivity index (χ2n) is 4.24. The number of hydrogen-bond acceptors (Lipinski definition) is 5. The summed E-state index contributed by atoms with van der Waals surface area (Å²) in [5.74, 6) is -1.84. The van der Waals surface area contributed by atoms with Crippen LogP contribution >= 0.6 is 0 Å². The summed E-state index contributed by atoms with van der Waals surface area (Å²) in [5.41, 5.74) is -0.611. The summed E-state index contributed by atoms with van der Waals surface area (Å²) < 4.78 is 67.7. The molecule has 0 heterocycles. The summed E-state index contributed by atoms with van der Waals surface area (Å²) in [6.07, 6.45) is -3.74. The smallest absolute Gasteiger partial charge is 0.462 e. The Morgan fingerprint density at radius 3 is 2.45 bits per heavy atom. The molecule has 0 aliphatic rings. The van der Waals surface area contributed by atoms with E-state index in [2.05, 4.69) is 4.74 Å². The van der Waals surface area contributed by atoms with Gasteiger partial charge in [-0.2, -0.15) is 0 Å². The van der Waals surface area contributed by atoms with E-state index in [1.165, 1.54) is 0 Å². The van der Waals surface area contributed by atoms with Crippen molar-refractivity contribution < 1.29 is 35.9 Å². The van der Waals surface area contributed by atoms with Gasteiger partial charge in [-0.15, -0.1) is 13.2 Å². The van der Waals surface area contributed by atoms with Crippen molar-refractivity contribution in [3.8, 4) is 5.75 Å². The van der Waals surface area contributed by atoms with Gasteiger partial charge in [-0.1, -0.05) is 13.3 Å². The van der Waals surface area contributed by atoms with Crippen LogP contribution in [0.4, 0.5) is 13.2 Å². The number of benzene rings is 1. The van der Waals surface area contributed by atoms with Crippen LogP contribution in [0.15, 0.2) is 23.1 Å². The lowest BCUT2D eigenvalue weighted by Crippen LogP contribution is -2.20. The number of rotatable bonds is 6. The van der Waals surface area contributed by atoms with Crippen LogP contribution < -0.4 is 9.88 Å². The van der Waals surface area contributed by atoms with Crippen molar-refractivity contribution in [2.45, 2.75) is 31.0 Å². The number of carbonyl (C=O) groups excluding carboxylic acids is 1. The Kier molecular flexibility index (Phi) is 5.78. The van der Waals surface area contributed by atoms with E-state index >= 15 is 0 Å². The molecule has 0 fully saturated rings. The van der Waals surface area contributed by atoms with E-state index in [1.807, 2.05) is 6.92 Å². The lowest BCUT2D eigenvalue weighted by molar-refractivity contribution is -0.274. The van der Waals surface area contributed by atoms with Gasteiger partial charge < -0.3 is 9.47 Å². The molecule has 0 amide bonds. The number of carbonyl (C=O) groups is 1. The molecule has 1 aromatic rings. The third-order valence-electron chi connectivity index (χ3n) is 2.44. The van der Waals surface area contributed by atoms with Gasteiger partial charge >= 0.3 is 12.3 Å². The number of nitrogens with two attached hydrogens (primary N) is 1. The molecule has 1 aromatic carbocycles. The van der Waals surface area contributed by atoms with E-state index in [1.54, 1.807) is 0 Å². The highest BCUT2D eigenvalue weighted by molar-refractivity contribution is 7.89. The van der Waals surface area contributed by atoms with E-state index < -0.39 is 38.6 Å². The van der Waals surface area contributed by atoms with Gasteiger partial charge in [0.15, 0.2) is 0 Å². The fraction of sp³-hybridized carbons (Fsp3) is 0.417. The molecule has 0 atom stereocenters. The number of primary sulfonamides is 1. The highest BCUT2D eigenvalue weighted by Gasteiger charge is 2.32. The summed E-state index contributed by atoms with van der Waals surface area (Å²) in [4.78, 5) is 11.2. The van der Waals surface area contributed by atoms with Gasteiger partial charge in [-0.25, -0.2) is 18.4 Å². The fourth-order valence-electron chi connectivity index (χ4n) is 1.50. The molecule has 6 nitrogen and oxygen atoms in total. The van der Waals surface area contributed by atoms with Crippen molar-refractivity contribution >= 4 is 16.0 Å². The number of sulfonamides is 1. The number of halogens is 3. The highest BCUT2D eigenvalue weighted by Crippen LogP contribution is 2.27. The summed E-state index contributed by atoms with van der Waals surface area (Å²) >= 11 is 0. The van der Waals surface area contributed by atoms with Crippen molar-refractivity contribution in [1.29, 1.82) is 0 Å². The molecule has 0 bridgehead atoms. The van der Waals surface area contributed by atoms with E-state index in [9.17, 15) is 26.4 Å². The average molecular weight is 341 g/mol. The SMILES string of the molecule is CCCCOC(=O)c1cc(OC(F)(F)F)ccc1S(N)(=O)=O. The number of alkyl halides is 3. The van der Waals surface area contributed by atoms with Crippen LogP contribution in [0.3, 0.4) is 0 Å². The Balaban J connectivity index is 3.18. The summed E-state index contributed by atoms with van der Waals surface area (Å²) in [6.45, 7) is 1.84. The summed E-state index contributed by atoms with van der Waals surface area (Å²) in [6, 6.07) is 2.13. The number of esters is 1. The minimum Gasteiger partial charge on any atom is -0.462 e. The minimum atomic E-state index is -4.98. The Labute approximate surface area is 125 Å². The van der Waals surface area contributed by atoms with Crippen LogP contribution in [-0.4, -0.2) is 27.4 Å². The highest BCUT2D eigenvalue weighted by atomic mass is 32.2. The zero-order chi connectivity index (χ0) is 17.0. The summed E-state index contributed by atoms with van der Waals surface area (Å²) in [5, 5.41) is 4.93. The fourth-order valence-corrected chi connectivity index (χ4v) is 2.21. The van der Waals surface area contributed by atoms with E-state index in [0.29, 0.717) is 18.9 Å². The maximum absolute atomic E-state index is 12.2. The largest absolute Gasteiger partial charge is 0.573 e. The third kappa shape index (κ3) is 5.53. The zero-order valence-electron chi connectivity index (χ0n) is 11.5. The molecule has 124 valence electrons. The van der Waals surface area contributed by atoms with E-state index in [4.69, 9.17) is 9.88 Å². The van der Waals surface area contributed by atoms with E-state index in [-0.39, 0.29) is 6.61 Å². The Hall–Kier alpha value is -1.81. The van der Waals surface area contributed by atoms with Crippen LogP contribution in [0, 0.1) is 0 Å². The Morgan fingerprint density at radius 2 is 1.95 bits per heavy atom. The van der Waals surface area contributed by atoms with E-state index in [0.717, 1.165) is 12.1 Å². The average Bonchev–Trinajstić information content (AvgIpc) is 2.35. The standard InChI is InChI=1S/C12H14F3NO5S/c1-2-3-6-20-11(17)9-7-8(21-12(13,14)15)4-5-10(9)22(16,18)19/h4-5,7H,2-3,6H2,1H3,(H2,16,18,19). The first-order valence-electron chi connectivity index (χ1n) is 6.14. The van der Waals surface area contributed by atoms with Gasteiger partial charge in [-0.3, -0.25) is 0 Å². The number of ether oxygens (including phenoxy) is 2. The van der Waals surface area contributed by atoms with Crippen LogP contribution in [0.2, 0.25) is 0 Å². The molecule has 0 radical (unpaired) electrons. The molecule has 0 saturated heterocycles. The topological polar surface area (TPSA) is 95.7 Å². The van der Waals surface area contributed by atoms with Crippen molar-refractivity contribution in [2.75, 3.05) is 6.61 Å². The van der Waals surface area contributed by atoms with Crippen LogP contribution in [-0.2, 0) is 14.8 Å². The molecule has 0 unspecified atom stereocenters. The Bertz CT molecular complexity index is 643.